The van der Waals surface area contributed by atoms with Crippen molar-refractivity contribution >= 4 is 34.2 Å². The highest BCUT2D eigenvalue weighted by Crippen LogP contribution is 2.23. The summed E-state index contributed by atoms with van der Waals surface area (Å²) in [5.41, 5.74) is 1.08. The number of nitrogens with one attached hydrogen (secondary N) is 2. The van der Waals surface area contributed by atoms with Crippen molar-refractivity contribution in [2.45, 2.75) is 13.0 Å². The van der Waals surface area contributed by atoms with Crippen LogP contribution in [0.2, 0.25) is 0 Å². The van der Waals surface area contributed by atoms with Gasteiger partial charge >= 0.3 is 5.97 Å². The van der Waals surface area contributed by atoms with Gasteiger partial charge in [0.15, 0.2) is 6.10 Å². The van der Waals surface area contributed by atoms with E-state index in [4.69, 9.17) is 4.74 Å². The SMILES string of the molecule is C[C@@H](OC(=O)CNC(=O)c1ccccc1)C(=O)Nc1cccc2ccccc12. The normalized spacial score (nSPS) is 11.5. The van der Waals surface area contributed by atoms with E-state index in [1.807, 2.05) is 36.4 Å². The largest absolute Gasteiger partial charge is 0.451 e. The quantitative estimate of drug-likeness (QED) is 0.648. The number of rotatable bonds is 6. The maximum atomic E-state index is 12.4. The van der Waals surface area contributed by atoms with Gasteiger partial charge in [-0.25, -0.2) is 0 Å². The molecule has 3 rings (SSSR count). The number of benzene rings is 3. The van der Waals surface area contributed by atoms with Crippen molar-refractivity contribution in [3.05, 3.63) is 78.4 Å². The summed E-state index contributed by atoms with van der Waals surface area (Å²) in [5.74, 6) is -1.52. The van der Waals surface area contributed by atoms with Gasteiger partial charge in [0, 0.05) is 16.6 Å². The minimum atomic E-state index is -1.000. The van der Waals surface area contributed by atoms with Crippen LogP contribution < -0.4 is 10.6 Å². The molecule has 0 saturated heterocycles. The lowest BCUT2D eigenvalue weighted by Gasteiger charge is -2.15. The number of hydrogen-bond donors (Lipinski definition) is 2. The molecule has 0 spiro atoms. The molecule has 0 bridgehead atoms. The van der Waals surface area contributed by atoms with Crippen molar-refractivity contribution < 1.29 is 19.1 Å². The lowest BCUT2D eigenvalue weighted by atomic mass is 10.1. The molecule has 6 nitrogen and oxygen atoms in total. The molecule has 28 heavy (non-hydrogen) atoms. The van der Waals surface area contributed by atoms with Gasteiger partial charge in [-0.05, 0) is 30.5 Å². The number of ether oxygens (including phenoxy) is 1. The van der Waals surface area contributed by atoms with E-state index < -0.39 is 18.0 Å². The van der Waals surface area contributed by atoms with E-state index >= 15 is 0 Å². The first-order valence-electron chi connectivity index (χ1n) is 8.86. The molecule has 0 unspecified atom stereocenters. The molecule has 2 amide bonds. The van der Waals surface area contributed by atoms with Crippen LogP contribution in [-0.2, 0) is 14.3 Å². The highest BCUT2D eigenvalue weighted by Gasteiger charge is 2.19. The Hall–Kier alpha value is -3.67. The third-order valence-corrected chi connectivity index (χ3v) is 4.15. The first-order chi connectivity index (χ1) is 13.5. The van der Waals surface area contributed by atoms with Crippen LogP contribution in [0.5, 0.6) is 0 Å². The molecule has 3 aromatic carbocycles. The lowest BCUT2D eigenvalue weighted by molar-refractivity contribution is -0.152. The summed E-state index contributed by atoms with van der Waals surface area (Å²) in [6.07, 6.45) is -1.000. The second-order valence-electron chi connectivity index (χ2n) is 6.20. The third kappa shape index (κ3) is 4.73. The summed E-state index contributed by atoms with van der Waals surface area (Å²) in [7, 11) is 0. The van der Waals surface area contributed by atoms with Gasteiger partial charge in [0.2, 0.25) is 0 Å². The van der Waals surface area contributed by atoms with Crippen LogP contribution in [-0.4, -0.2) is 30.4 Å². The van der Waals surface area contributed by atoms with Gasteiger partial charge in [-0.1, -0.05) is 54.6 Å². The average Bonchev–Trinajstić information content (AvgIpc) is 2.73. The zero-order valence-corrected chi connectivity index (χ0v) is 15.3. The Balaban J connectivity index is 1.53. The number of carbonyl (C=O) groups excluding carboxylic acids is 3. The molecule has 142 valence electrons. The summed E-state index contributed by atoms with van der Waals surface area (Å²) in [4.78, 5) is 36.3. The Labute approximate surface area is 162 Å². The van der Waals surface area contributed by atoms with Gasteiger partial charge in [-0.15, -0.1) is 0 Å². The molecular weight excluding hydrogens is 356 g/mol. The molecule has 0 aliphatic carbocycles. The van der Waals surface area contributed by atoms with E-state index in [0.29, 0.717) is 11.3 Å². The molecule has 1 atom stereocenters. The second-order valence-corrected chi connectivity index (χ2v) is 6.20. The third-order valence-electron chi connectivity index (χ3n) is 4.15. The van der Waals surface area contributed by atoms with Crippen molar-refractivity contribution in [2.24, 2.45) is 0 Å². The number of fused-ring (bicyclic) bond motifs is 1. The summed E-state index contributed by atoms with van der Waals surface area (Å²) >= 11 is 0. The first kappa shape index (κ1) is 19.1. The van der Waals surface area contributed by atoms with E-state index in [0.717, 1.165) is 10.8 Å². The van der Waals surface area contributed by atoms with Crippen LogP contribution in [0.25, 0.3) is 10.8 Å². The van der Waals surface area contributed by atoms with Crippen molar-refractivity contribution in [2.75, 3.05) is 11.9 Å². The zero-order valence-electron chi connectivity index (χ0n) is 15.3. The predicted molar refractivity (Wildman–Crippen MR) is 107 cm³/mol. The molecule has 0 saturated carbocycles. The Bertz CT molecular complexity index is 996. The Morgan fingerprint density at radius 1 is 0.893 bits per heavy atom. The number of hydrogen-bond acceptors (Lipinski definition) is 4. The zero-order chi connectivity index (χ0) is 19.9. The summed E-state index contributed by atoms with van der Waals surface area (Å²) in [6, 6.07) is 21.8. The van der Waals surface area contributed by atoms with Crippen LogP contribution >= 0.6 is 0 Å². The maximum absolute atomic E-state index is 12.4. The maximum Gasteiger partial charge on any atom is 0.326 e. The molecule has 0 radical (unpaired) electrons. The molecule has 2 N–H and O–H groups in total. The Morgan fingerprint density at radius 3 is 2.36 bits per heavy atom. The summed E-state index contributed by atoms with van der Waals surface area (Å²) in [5, 5.41) is 7.14. The molecule has 0 fully saturated rings. The first-order valence-corrected chi connectivity index (χ1v) is 8.86. The van der Waals surface area contributed by atoms with Gasteiger partial charge in [-0.2, -0.15) is 0 Å². The van der Waals surface area contributed by atoms with Gasteiger partial charge in [0.05, 0.1) is 0 Å². The molecule has 0 aliphatic rings. The monoisotopic (exact) mass is 376 g/mol. The van der Waals surface area contributed by atoms with Gasteiger partial charge < -0.3 is 15.4 Å². The van der Waals surface area contributed by atoms with Crippen LogP contribution in [0.15, 0.2) is 72.8 Å². The fraction of sp³-hybridized carbons (Fsp3) is 0.136. The molecule has 3 aromatic rings. The van der Waals surface area contributed by atoms with E-state index in [1.165, 1.54) is 6.92 Å². The molecule has 6 heteroatoms. The van der Waals surface area contributed by atoms with Crippen LogP contribution in [0.3, 0.4) is 0 Å². The number of amides is 2. The smallest absolute Gasteiger partial charge is 0.326 e. The second kappa shape index (κ2) is 8.81. The van der Waals surface area contributed by atoms with E-state index in [9.17, 15) is 14.4 Å². The summed E-state index contributed by atoms with van der Waals surface area (Å²) in [6.45, 7) is 1.16. The van der Waals surface area contributed by atoms with Gasteiger partial charge in [-0.3, -0.25) is 14.4 Å². The van der Waals surface area contributed by atoms with Crippen LogP contribution in [0, 0.1) is 0 Å². The fourth-order valence-corrected chi connectivity index (χ4v) is 2.71. The highest BCUT2D eigenvalue weighted by atomic mass is 16.5. The van der Waals surface area contributed by atoms with Crippen molar-refractivity contribution in [3.63, 3.8) is 0 Å². The minimum Gasteiger partial charge on any atom is -0.451 e. The van der Waals surface area contributed by atoms with Crippen molar-refractivity contribution in [3.8, 4) is 0 Å². The van der Waals surface area contributed by atoms with E-state index in [1.54, 1.807) is 36.4 Å². The van der Waals surface area contributed by atoms with Crippen LogP contribution in [0.1, 0.15) is 17.3 Å². The summed E-state index contributed by atoms with van der Waals surface area (Å²) < 4.78 is 5.12. The standard InChI is InChI=1S/C22H20N2O4/c1-15(28-20(25)14-23-22(27)17-9-3-2-4-10-17)21(26)24-19-13-7-11-16-8-5-6-12-18(16)19/h2-13,15H,14H2,1H3,(H,23,27)(H,24,26)/t15-/m1/s1. The number of carbonyl (C=O) groups is 3. The lowest BCUT2D eigenvalue weighted by Crippen LogP contribution is -2.35. The van der Waals surface area contributed by atoms with Gasteiger partial charge in [0.1, 0.15) is 6.54 Å². The highest BCUT2D eigenvalue weighted by molar-refractivity contribution is 6.04. The van der Waals surface area contributed by atoms with E-state index in [2.05, 4.69) is 10.6 Å². The van der Waals surface area contributed by atoms with E-state index in [-0.39, 0.29) is 12.5 Å². The Morgan fingerprint density at radius 2 is 1.57 bits per heavy atom. The average molecular weight is 376 g/mol. The molecule has 0 aliphatic heterocycles. The number of esters is 1. The van der Waals surface area contributed by atoms with Crippen LogP contribution in [0.4, 0.5) is 5.69 Å². The predicted octanol–water partition coefficient (Wildman–Crippen LogP) is 3.14. The molecular formula is C22H20N2O4. The Kier molecular flexibility index (Phi) is 6.01. The van der Waals surface area contributed by atoms with Gasteiger partial charge in [0.25, 0.3) is 11.8 Å². The molecule has 0 heterocycles. The van der Waals surface area contributed by atoms with Crippen molar-refractivity contribution in [1.29, 1.82) is 0 Å². The molecule has 0 aromatic heterocycles. The van der Waals surface area contributed by atoms with Crippen molar-refractivity contribution in [1.82, 2.24) is 5.32 Å². The fourth-order valence-electron chi connectivity index (χ4n) is 2.71. The topological polar surface area (TPSA) is 84.5 Å². The minimum absolute atomic E-state index is 0.320. The number of anilines is 1.